The molecular formula is C7H6O6S. The molecule has 0 aliphatic heterocycles. The van der Waals surface area contributed by atoms with Crippen LogP contribution in [0.1, 0.15) is 10.4 Å². The van der Waals surface area contributed by atoms with Gasteiger partial charge in [0.2, 0.25) is 0 Å². The Morgan fingerprint density at radius 1 is 1.36 bits per heavy atom. The second-order valence-electron chi connectivity index (χ2n) is 2.32. The Kier molecular flexibility index (Phi) is 2.73. The molecule has 0 aliphatic rings. The first-order valence-corrected chi connectivity index (χ1v) is 4.74. The molecular weight excluding hydrogens is 212 g/mol. The third-order valence-electron chi connectivity index (χ3n) is 1.34. The number of para-hydroxylation sites is 1. The Balaban J connectivity index is 3.24. The van der Waals surface area contributed by atoms with Gasteiger partial charge in [-0.3, -0.25) is 9.35 Å². The lowest BCUT2D eigenvalue weighted by Gasteiger charge is -2.05. The number of aromatic hydroxyl groups is 1. The molecule has 1 aromatic rings. The van der Waals surface area contributed by atoms with E-state index in [9.17, 15) is 13.2 Å². The zero-order valence-corrected chi connectivity index (χ0v) is 7.56. The molecule has 14 heavy (non-hydrogen) atoms. The molecule has 0 unspecified atom stereocenters. The van der Waals surface area contributed by atoms with Crippen LogP contribution in [-0.2, 0) is 10.4 Å². The SMILES string of the molecule is O=Cc1cccc(O)c1OS(=O)(=O)O. The Hall–Kier alpha value is -1.60. The van der Waals surface area contributed by atoms with Crippen molar-refractivity contribution in [1.29, 1.82) is 0 Å². The highest BCUT2D eigenvalue weighted by Crippen LogP contribution is 2.29. The van der Waals surface area contributed by atoms with Crippen molar-refractivity contribution in [3.8, 4) is 11.5 Å². The summed E-state index contributed by atoms with van der Waals surface area (Å²) in [6.07, 6.45) is 0.292. The molecule has 0 aromatic heterocycles. The maximum atomic E-state index is 10.4. The molecule has 7 heteroatoms. The van der Waals surface area contributed by atoms with E-state index in [4.69, 9.17) is 9.66 Å². The number of aldehydes is 1. The number of carbonyl (C=O) groups excluding carboxylic acids is 1. The van der Waals surface area contributed by atoms with E-state index in [-0.39, 0.29) is 5.56 Å². The summed E-state index contributed by atoms with van der Waals surface area (Å²) in [5, 5.41) is 9.13. The Morgan fingerprint density at radius 3 is 2.50 bits per heavy atom. The van der Waals surface area contributed by atoms with Crippen LogP contribution in [0.15, 0.2) is 18.2 Å². The lowest BCUT2D eigenvalue weighted by atomic mass is 10.2. The molecule has 0 saturated heterocycles. The van der Waals surface area contributed by atoms with Crippen molar-refractivity contribution < 1.29 is 27.1 Å². The van der Waals surface area contributed by atoms with Crippen LogP contribution in [0.3, 0.4) is 0 Å². The van der Waals surface area contributed by atoms with Crippen LogP contribution < -0.4 is 4.18 Å². The van der Waals surface area contributed by atoms with E-state index in [1.54, 1.807) is 0 Å². The fourth-order valence-corrected chi connectivity index (χ4v) is 1.22. The van der Waals surface area contributed by atoms with Gasteiger partial charge < -0.3 is 9.29 Å². The second kappa shape index (κ2) is 3.64. The number of benzene rings is 1. The first-order valence-electron chi connectivity index (χ1n) is 3.38. The maximum Gasteiger partial charge on any atom is 0.446 e. The van der Waals surface area contributed by atoms with E-state index in [2.05, 4.69) is 4.18 Å². The van der Waals surface area contributed by atoms with E-state index < -0.39 is 21.9 Å². The molecule has 76 valence electrons. The standard InChI is InChI=1S/C7H6O6S/c8-4-5-2-1-3-6(9)7(5)13-14(10,11)12/h1-4,9H,(H,10,11,12). The van der Waals surface area contributed by atoms with Gasteiger partial charge in [-0.15, -0.1) is 0 Å². The first kappa shape index (κ1) is 10.5. The van der Waals surface area contributed by atoms with Gasteiger partial charge in [0.15, 0.2) is 17.8 Å². The van der Waals surface area contributed by atoms with Crippen LogP contribution in [0.4, 0.5) is 0 Å². The normalized spacial score (nSPS) is 10.9. The summed E-state index contributed by atoms with van der Waals surface area (Å²) in [4.78, 5) is 10.4. The minimum atomic E-state index is -4.75. The zero-order valence-electron chi connectivity index (χ0n) is 6.75. The quantitative estimate of drug-likeness (QED) is 0.562. The van der Waals surface area contributed by atoms with Gasteiger partial charge in [0, 0.05) is 0 Å². The van der Waals surface area contributed by atoms with Crippen molar-refractivity contribution in [3.05, 3.63) is 23.8 Å². The van der Waals surface area contributed by atoms with Gasteiger partial charge in [-0.25, -0.2) is 0 Å². The number of hydrogen-bond donors (Lipinski definition) is 2. The summed E-state index contributed by atoms with van der Waals surface area (Å²) in [5.41, 5.74) is -0.178. The van der Waals surface area contributed by atoms with E-state index in [1.807, 2.05) is 0 Å². The molecule has 0 heterocycles. The molecule has 0 radical (unpaired) electrons. The molecule has 0 aliphatic carbocycles. The summed E-state index contributed by atoms with van der Waals surface area (Å²) in [6, 6.07) is 3.68. The van der Waals surface area contributed by atoms with Crippen LogP contribution in [0.25, 0.3) is 0 Å². The molecule has 0 atom stereocenters. The zero-order chi connectivity index (χ0) is 10.8. The number of phenolic OH excluding ortho intramolecular Hbond substituents is 1. The fraction of sp³-hybridized carbons (Fsp3) is 0. The number of hydrogen-bond acceptors (Lipinski definition) is 5. The monoisotopic (exact) mass is 218 g/mol. The highest BCUT2D eigenvalue weighted by Gasteiger charge is 2.15. The summed E-state index contributed by atoms with van der Waals surface area (Å²) in [7, 11) is -4.75. The third kappa shape index (κ3) is 2.44. The molecule has 1 rings (SSSR count). The van der Waals surface area contributed by atoms with Crippen molar-refractivity contribution in [3.63, 3.8) is 0 Å². The van der Waals surface area contributed by atoms with Crippen molar-refractivity contribution in [1.82, 2.24) is 0 Å². The van der Waals surface area contributed by atoms with Crippen molar-refractivity contribution in [2.75, 3.05) is 0 Å². The Bertz CT molecular complexity index is 449. The van der Waals surface area contributed by atoms with Gasteiger partial charge in [-0.1, -0.05) is 6.07 Å². The Morgan fingerprint density at radius 2 is 2.00 bits per heavy atom. The van der Waals surface area contributed by atoms with Crippen LogP contribution in [0.2, 0.25) is 0 Å². The number of phenols is 1. The number of carbonyl (C=O) groups is 1. The minimum absolute atomic E-state index is 0.178. The van der Waals surface area contributed by atoms with Crippen molar-refractivity contribution in [2.45, 2.75) is 0 Å². The van der Waals surface area contributed by atoms with Crippen molar-refractivity contribution in [2.24, 2.45) is 0 Å². The van der Waals surface area contributed by atoms with Crippen LogP contribution in [-0.4, -0.2) is 24.4 Å². The third-order valence-corrected chi connectivity index (χ3v) is 1.72. The predicted molar refractivity (Wildman–Crippen MR) is 45.7 cm³/mol. The highest BCUT2D eigenvalue weighted by atomic mass is 32.3. The molecule has 0 amide bonds. The predicted octanol–water partition coefficient (Wildman–Crippen LogP) is 0.386. The van der Waals surface area contributed by atoms with Crippen molar-refractivity contribution >= 4 is 16.7 Å². The summed E-state index contributed by atoms with van der Waals surface area (Å²) < 4.78 is 33.0. The molecule has 0 saturated carbocycles. The number of rotatable bonds is 3. The average molecular weight is 218 g/mol. The van der Waals surface area contributed by atoms with Gasteiger partial charge in [0.25, 0.3) is 0 Å². The molecule has 1 aromatic carbocycles. The van der Waals surface area contributed by atoms with Gasteiger partial charge in [-0.2, -0.15) is 8.42 Å². The molecule has 0 fully saturated rings. The molecule has 0 spiro atoms. The second-order valence-corrected chi connectivity index (χ2v) is 3.35. The summed E-state index contributed by atoms with van der Waals surface area (Å²) in [5.74, 6) is -1.14. The van der Waals surface area contributed by atoms with Gasteiger partial charge in [0.05, 0.1) is 5.56 Å². The average Bonchev–Trinajstić information content (AvgIpc) is 2.06. The summed E-state index contributed by atoms with van der Waals surface area (Å²) in [6.45, 7) is 0. The largest absolute Gasteiger partial charge is 0.504 e. The van der Waals surface area contributed by atoms with Crippen LogP contribution in [0, 0.1) is 0 Å². The van der Waals surface area contributed by atoms with Crippen LogP contribution >= 0.6 is 0 Å². The van der Waals surface area contributed by atoms with Gasteiger partial charge in [0.1, 0.15) is 0 Å². The van der Waals surface area contributed by atoms with E-state index in [1.165, 1.54) is 12.1 Å². The molecule has 0 bridgehead atoms. The smallest absolute Gasteiger partial charge is 0.446 e. The van der Waals surface area contributed by atoms with Crippen LogP contribution in [0.5, 0.6) is 11.5 Å². The van der Waals surface area contributed by atoms with E-state index in [0.29, 0.717) is 6.29 Å². The fourth-order valence-electron chi connectivity index (χ4n) is 0.831. The minimum Gasteiger partial charge on any atom is -0.504 e. The maximum absolute atomic E-state index is 10.4. The van der Waals surface area contributed by atoms with E-state index >= 15 is 0 Å². The lowest BCUT2D eigenvalue weighted by Crippen LogP contribution is -2.08. The molecule has 2 N–H and O–H groups in total. The van der Waals surface area contributed by atoms with E-state index in [0.717, 1.165) is 6.07 Å². The highest BCUT2D eigenvalue weighted by molar-refractivity contribution is 7.81. The lowest BCUT2D eigenvalue weighted by molar-refractivity contribution is 0.112. The summed E-state index contributed by atoms with van der Waals surface area (Å²) >= 11 is 0. The topological polar surface area (TPSA) is 101 Å². The van der Waals surface area contributed by atoms with Gasteiger partial charge >= 0.3 is 10.4 Å². The first-order chi connectivity index (χ1) is 6.44. The van der Waals surface area contributed by atoms with Gasteiger partial charge in [-0.05, 0) is 12.1 Å². The molecule has 6 nitrogen and oxygen atoms in total. The Labute approximate surface area is 79.7 Å².